The van der Waals surface area contributed by atoms with Gasteiger partial charge in [-0.25, -0.2) is 13.2 Å². The quantitative estimate of drug-likeness (QED) is 0.114. The van der Waals surface area contributed by atoms with Crippen LogP contribution in [-0.2, 0) is 6.11 Å². The van der Waals surface area contributed by atoms with Gasteiger partial charge in [0.05, 0.1) is 16.5 Å². The molecular weight excluding hydrogens is 540 g/mol. The first-order chi connectivity index (χ1) is 18.9. The zero-order valence-electron chi connectivity index (χ0n) is 21.6. The van der Waals surface area contributed by atoms with E-state index >= 15 is 0 Å². The minimum atomic E-state index is -5.03. The van der Waals surface area contributed by atoms with Gasteiger partial charge < -0.3 is 4.74 Å². The second kappa shape index (κ2) is 11.9. The monoisotopic (exact) mass is 566 g/mol. The Morgan fingerprint density at radius 1 is 0.925 bits per heavy atom. The molecule has 1 atom stereocenters. The van der Waals surface area contributed by atoms with E-state index in [1.807, 2.05) is 0 Å². The van der Waals surface area contributed by atoms with Crippen LogP contribution in [0, 0.1) is 29.3 Å². The lowest BCUT2D eigenvalue weighted by Gasteiger charge is -2.23. The fourth-order valence-electron chi connectivity index (χ4n) is 4.87. The summed E-state index contributed by atoms with van der Waals surface area (Å²) in [4.78, 5) is 0. The first kappa shape index (κ1) is 29.4. The summed E-state index contributed by atoms with van der Waals surface area (Å²) in [5, 5.41) is -1.42. The van der Waals surface area contributed by atoms with Crippen molar-refractivity contribution in [2.24, 2.45) is 0 Å². The van der Waals surface area contributed by atoms with Crippen molar-refractivity contribution in [3.8, 4) is 17.6 Å². The van der Waals surface area contributed by atoms with Gasteiger partial charge in [0.1, 0.15) is 17.4 Å². The van der Waals surface area contributed by atoms with E-state index in [0.717, 1.165) is 49.7 Å². The summed E-state index contributed by atoms with van der Waals surface area (Å²) in [5.74, 6) is -3.09. The average molecular weight is 567 g/mol. The molecule has 40 heavy (non-hydrogen) atoms. The molecule has 0 aromatic heterocycles. The van der Waals surface area contributed by atoms with Crippen LogP contribution >= 0.6 is 0 Å². The van der Waals surface area contributed by atoms with E-state index in [9.17, 15) is 35.1 Å². The molecule has 0 amide bonds. The molecule has 3 aromatic rings. The first-order valence-electron chi connectivity index (χ1n) is 12.9. The minimum Gasteiger partial charge on any atom is -0.429 e. The smallest absolute Gasteiger partial charge is 0.429 e. The van der Waals surface area contributed by atoms with Crippen molar-refractivity contribution in [3.63, 3.8) is 0 Å². The standard InChI is InChI=1S/C31H26F8O/c1-2-3-4-5-19-6-8-20(9-7-19)21-10-12-23(13-11-21)31(38,39)40-24-16-22-17-26(32)25(14-15-30(35,36)37)29(34)28(22)27(33)18-24/h6,10-13,16-18,20H,2-5,7-9H2,1H3. The molecule has 1 aliphatic carbocycles. The number of unbranched alkanes of at least 4 members (excludes halogenated alkanes) is 2. The van der Waals surface area contributed by atoms with Crippen LogP contribution in [0.4, 0.5) is 35.1 Å². The number of rotatable bonds is 8. The van der Waals surface area contributed by atoms with E-state index in [4.69, 9.17) is 4.74 Å². The molecule has 9 heteroatoms. The molecule has 0 heterocycles. The Hall–Kier alpha value is -3.54. The summed E-state index contributed by atoms with van der Waals surface area (Å²) in [5.41, 5.74) is 0.562. The molecule has 0 saturated heterocycles. The van der Waals surface area contributed by atoms with Crippen molar-refractivity contribution in [1.82, 2.24) is 0 Å². The van der Waals surface area contributed by atoms with Gasteiger partial charge in [0.25, 0.3) is 0 Å². The van der Waals surface area contributed by atoms with Gasteiger partial charge in [0, 0.05) is 12.0 Å². The molecule has 212 valence electrons. The lowest BCUT2D eigenvalue weighted by atomic mass is 9.83. The molecule has 0 aliphatic heterocycles. The predicted molar refractivity (Wildman–Crippen MR) is 137 cm³/mol. The van der Waals surface area contributed by atoms with Crippen molar-refractivity contribution in [3.05, 3.63) is 88.3 Å². The van der Waals surface area contributed by atoms with Crippen LogP contribution in [0.1, 0.15) is 74.5 Å². The summed E-state index contributed by atoms with van der Waals surface area (Å²) < 4.78 is 115. The van der Waals surface area contributed by atoms with Crippen LogP contribution in [0.5, 0.6) is 5.75 Å². The number of halogens is 8. The Balaban J connectivity index is 1.51. The number of benzene rings is 3. The summed E-state index contributed by atoms with van der Waals surface area (Å²) in [7, 11) is 0. The molecule has 3 aromatic carbocycles. The maximum absolute atomic E-state index is 15.0. The molecule has 0 radical (unpaired) electrons. The normalized spacial score (nSPS) is 15.9. The highest BCUT2D eigenvalue weighted by atomic mass is 19.4. The number of alkyl halides is 5. The molecule has 0 spiro atoms. The number of hydrogen-bond acceptors (Lipinski definition) is 1. The Morgan fingerprint density at radius 2 is 1.65 bits per heavy atom. The third kappa shape index (κ3) is 6.96. The fourth-order valence-corrected chi connectivity index (χ4v) is 4.87. The molecule has 4 rings (SSSR count). The highest BCUT2D eigenvalue weighted by molar-refractivity contribution is 5.87. The highest BCUT2D eigenvalue weighted by Crippen LogP contribution is 2.38. The van der Waals surface area contributed by atoms with Crippen LogP contribution in [0.15, 0.2) is 54.1 Å². The van der Waals surface area contributed by atoms with Crippen LogP contribution in [0.2, 0.25) is 0 Å². The summed E-state index contributed by atoms with van der Waals surface area (Å²) in [6.45, 7) is 2.16. The summed E-state index contributed by atoms with van der Waals surface area (Å²) in [6, 6.07) is 7.38. The average Bonchev–Trinajstić information content (AvgIpc) is 2.88. The largest absolute Gasteiger partial charge is 0.458 e. The molecule has 1 nitrogen and oxygen atoms in total. The van der Waals surface area contributed by atoms with E-state index in [-0.39, 0.29) is 5.92 Å². The van der Waals surface area contributed by atoms with E-state index in [2.05, 4.69) is 13.0 Å². The highest BCUT2D eigenvalue weighted by Gasteiger charge is 2.35. The van der Waals surface area contributed by atoms with Crippen LogP contribution in [0.25, 0.3) is 10.8 Å². The van der Waals surface area contributed by atoms with Gasteiger partial charge >= 0.3 is 12.3 Å². The Labute approximate surface area is 226 Å². The van der Waals surface area contributed by atoms with Gasteiger partial charge in [-0.15, -0.1) is 0 Å². The van der Waals surface area contributed by atoms with Gasteiger partial charge in [-0.05, 0) is 73.2 Å². The van der Waals surface area contributed by atoms with Crippen molar-refractivity contribution in [2.75, 3.05) is 0 Å². The van der Waals surface area contributed by atoms with Crippen molar-refractivity contribution < 1.29 is 39.9 Å². The van der Waals surface area contributed by atoms with E-state index < -0.39 is 57.4 Å². The van der Waals surface area contributed by atoms with Crippen molar-refractivity contribution in [1.29, 1.82) is 0 Å². The minimum absolute atomic E-state index is 0.212. The van der Waals surface area contributed by atoms with Crippen LogP contribution < -0.4 is 4.74 Å². The molecule has 0 bridgehead atoms. The zero-order chi connectivity index (χ0) is 29.1. The van der Waals surface area contributed by atoms with Crippen LogP contribution in [-0.4, -0.2) is 6.18 Å². The molecular formula is C31H26F8O. The van der Waals surface area contributed by atoms with Gasteiger partial charge in [-0.2, -0.15) is 22.0 Å². The number of ether oxygens (including phenoxy) is 1. The van der Waals surface area contributed by atoms with E-state index in [1.54, 1.807) is 12.1 Å². The maximum atomic E-state index is 15.0. The summed E-state index contributed by atoms with van der Waals surface area (Å²) >= 11 is 0. The lowest BCUT2D eigenvalue weighted by Crippen LogP contribution is -2.22. The zero-order valence-corrected chi connectivity index (χ0v) is 21.6. The lowest BCUT2D eigenvalue weighted by molar-refractivity contribution is -0.185. The van der Waals surface area contributed by atoms with Crippen LogP contribution in [0.3, 0.4) is 0 Å². The summed E-state index contributed by atoms with van der Waals surface area (Å²) in [6.07, 6.45) is 0.642. The predicted octanol–water partition coefficient (Wildman–Crippen LogP) is 10.1. The molecule has 0 N–H and O–H groups in total. The third-order valence-corrected chi connectivity index (χ3v) is 6.95. The first-order valence-corrected chi connectivity index (χ1v) is 12.9. The number of hydrogen-bond donors (Lipinski definition) is 0. The SMILES string of the molecule is CCCCCC1=CCC(c2ccc(C(F)(F)Oc3cc(F)c4c(F)c(C#CC(F)(F)F)c(F)cc4c3)cc2)CC1. The van der Waals surface area contributed by atoms with E-state index in [0.29, 0.717) is 12.1 Å². The van der Waals surface area contributed by atoms with Gasteiger partial charge in [0.2, 0.25) is 0 Å². The number of allylic oxidation sites excluding steroid dienone is 2. The van der Waals surface area contributed by atoms with Crippen molar-refractivity contribution in [2.45, 2.75) is 70.1 Å². The number of fused-ring (bicyclic) bond motifs is 1. The second-order valence-corrected chi connectivity index (χ2v) is 9.83. The molecule has 0 saturated carbocycles. The van der Waals surface area contributed by atoms with Crippen molar-refractivity contribution >= 4 is 10.8 Å². The third-order valence-electron chi connectivity index (χ3n) is 6.95. The second-order valence-electron chi connectivity index (χ2n) is 9.83. The Morgan fingerprint density at radius 3 is 2.27 bits per heavy atom. The Kier molecular flexibility index (Phi) is 8.77. The fraction of sp³-hybridized carbons (Fsp3) is 0.355. The molecule has 1 unspecified atom stereocenters. The van der Waals surface area contributed by atoms with Gasteiger partial charge in [-0.3, -0.25) is 0 Å². The molecule has 1 aliphatic rings. The molecule has 0 fully saturated rings. The maximum Gasteiger partial charge on any atom is 0.458 e. The topological polar surface area (TPSA) is 9.23 Å². The van der Waals surface area contributed by atoms with E-state index in [1.165, 1.54) is 36.5 Å². The Bertz CT molecular complexity index is 1460. The van der Waals surface area contributed by atoms with Gasteiger partial charge in [0.15, 0.2) is 5.82 Å². The van der Waals surface area contributed by atoms with Gasteiger partial charge in [-0.1, -0.05) is 49.5 Å².